The van der Waals surface area contributed by atoms with E-state index >= 15 is 0 Å². The molecule has 0 saturated carbocycles. The maximum absolute atomic E-state index is 12.8. The van der Waals surface area contributed by atoms with Crippen molar-refractivity contribution in [3.05, 3.63) is 47.2 Å². The van der Waals surface area contributed by atoms with Crippen molar-refractivity contribution in [2.75, 3.05) is 62.3 Å². The van der Waals surface area contributed by atoms with Crippen molar-refractivity contribution in [3.8, 4) is 0 Å². The standard InChI is InChI=1S/C22H27N5O3/c1-16-15-20(24-22(23-16)27-11-13-30-14-12-27)25-7-9-26(10-8-25)21(29)19-5-3-18(4-6-19)17(2)28/h3-6,15H,7-14H2,1-2H3. The zero-order valence-corrected chi connectivity index (χ0v) is 17.5. The Labute approximate surface area is 176 Å². The van der Waals surface area contributed by atoms with E-state index in [0.29, 0.717) is 37.4 Å². The number of morpholine rings is 1. The largest absolute Gasteiger partial charge is 0.378 e. The Morgan fingerprint density at radius 1 is 0.867 bits per heavy atom. The number of nitrogens with zero attached hydrogens (tertiary/aromatic N) is 5. The zero-order chi connectivity index (χ0) is 21.1. The highest BCUT2D eigenvalue weighted by Crippen LogP contribution is 2.20. The Morgan fingerprint density at radius 2 is 1.50 bits per heavy atom. The van der Waals surface area contributed by atoms with Gasteiger partial charge in [-0.05, 0) is 26.0 Å². The first-order valence-electron chi connectivity index (χ1n) is 10.3. The van der Waals surface area contributed by atoms with Crippen LogP contribution in [0, 0.1) is 6.92 Å². The summed E-state index contributed by atoms with van der Waals surface area (Å²) >= 11 is 0. The number of carbonyl (C=O) groups excluding carboxylic acids is 2. The molecule has 2 aromatic rings. The van der Waals surface area contributed by atoms with E-state index in [0.717, 1.165) is 43.6 Å². The number of carbonyl (C=O) groups is 2. The van der Waals surface area contributed by atoms with Crippen molar-refractivity contribution < 1.29 is 14.3 Å². The number of Topliss-reactive ketones (excluding diaryl/α,β-unsaturated/α-hetero) is 1. The molecule has 0 radical (unpaired) electrons. The van der Waals surface area contributed by atoms with E-state index in [1.54, 1.807) is 24.3 Å². The number of amides is 1. The molecule has 4 rings (SSSR count). The summed E-state index contributed by atoms with van der Waals surface area (Å²) < 4.78 is 5.43. The van der Waals surface area contributed by atoms with Crippen LogP contribution >= 0.6 is 0 Å². The quantitative estimate of drug-likeness (QED) is 0.713. The number of benzene rings is 1. The van der Waals surface area contributed by atoms with Gasteiger partial charge in [-0.1, -0.05) is 12.1 Å². The molecule has 1 amide bonds. The summed E-state index contributed by atoms with van der Waals surface area (Å²) in [6.07, 6.45) is 0. The monoisotopic (exact) mass is 409 g/mol. The minimum Gasteiger partial charge on any atom is -0.378 e. The molecule has 2 saturated heterocycles. The van der Waals surface area contributed by atoms with Crippen molar-refractivity contribution in [1.82, 2.24) is 14.9 Å². The fourth-order valence-electron chi connectivity index (χ4n) is 3.77. The van der Waals surface area contributed by atoms with Gasteiger partial charge in [-0.15, -0.1) is 0 Å². The normalized spacial score (nSPS) is 17.2. The fraction of sp³-hybridized carbons (Fsp3) is 0.455. The lowest BCUT2D eigenvalue weighted by molar-refractivity contribution is 0.0746. The van der Waals surface area contributed by atoms with E-state index < -0.39 is 0 Å². The second-order valence-corrected chi connectivity index (χ2v) is 7.68. The Balaban J connectivity index is 1.41. The van der Waals surface area contributed by atoms with Crippen molar-refractivity contribution in [2.24, 2.45) is 0 Å². The molecule has 2 aliphatic heterocycles. The average Bonchev–Trinajstić information content (AvgIpc) is 2.79. The third kappa shape index (κ3) is 4.43. The molecule has 30 heavy (non-hydrogen) atoms. The molecule has 1 aromatic carbocycles. The number of hydrogen-bond acceptors (Lipinski definition) is 7. The molecule has 8 heteroatoms. The van der Waals surface area contributed by atoms with E-state index in [1.807, 2.05) is 17.9 Å². The Kier molecular flexibility index (Phi) is 5.94. The Morgan fingerprint density at radius 3 is 2.13 bits per heavy atom. The SMILES string of the molecule is CC(=O)c1ccc(C(=O)N2CCN(c3cc(C)nc(N4CCOCC4)n3)CC2)cc1. The van der Waals surface area contributed by atoms with Gasteiger partial charge in [0, 0.05) is 62.2 Å². The molecule has 2 aliphatic rings. The van der Waals surface area contributed by atoms with Gasteiger partial charge >= 0.3 is 0 Å². The lowest BCUT2D eigenvalue weighted by Crippen LogP contribution is -2.49. The highest BCUT2D eigenvalue weighted by atomic mass is 16.5. The summed E-state index contributed by atoms with van der Waals surface area (Å²) in [4.78, 5) is 39.9. The van der Waals surface area contributed by atoms with Gasteiger partial charge in [-0.3, -0.25) is 9.59 Å². The molecule has 2 fully saturated rings. The molecular weight excluding hydrogens is 382 g/mol. The van der Waals surface area contributed by atoms with Crippen LogP contribution in [-0.2, 0) is 4.74 Å². The molecule has 158 valence electrons. The van der Waals surface area contributed by atoms with Crippen molar-refractivity contribution >= 4 is 23.5 Å². The Hall–Kier alpha value is -3.00. The number of aryl methyl sites for hydroxylation is 1. The molecule has 3 heterocycles. The molecule has 1 aromatic heterocycles. The second kappa shape index (κ2) is 8.79. The summed E-state index contributed by atoms with van der Waals surface area (Å²) in [6, 6.07) is 8.88. The second-order valence-electron chi connectivity index (χ2n) is 7.68. The van der Waals surface area contributed by atoms with Gasteiger partial charge in [0.2, 0.25) is 5.95 Å². The lowest BCUT2D eigenvalue weighted by Gasteiger charge is -2.36. The first-order chi connectivity index (χ1) is 14.5. The summed E-state index contributed by atoms with van der Waals surface area (Å²) in [7, 11) is 0. The summed E-state index contributed by atoms with van der Waals surface area (Å²) in [6.45, 7) is 9.19. The van der Waals surface area contributed by atoms with Crippen LogP contribution in [0.15, 0.2) is 30.3 Å². The van der Waals surface area contributed by atoms with Crippen molar-refractivity contribution in [2.45, 2.75) is 13.8 Å². The third-order valence-corrected chi connectivity index (χ3v) is 5.55. The summed E-state index contributed by atoms with van der Waals surface area (Å²) in [5.74, 6) is 1.65. The van der Waals surface area contributed by atoms with E-state index in [-0.39, 0.29) is 11.7 Å². The van der Waals surface area contributed by atoms with Crippen LogP contribution in [-0.4, -0.2) is 79.0 Å². The maximum atomic E-state index is 12.8. The first kappa shape index (κ1) is 20.3. The van der Waals surface area contributed by atoms with E-state index in [4.69, 9.17) is 9.72 Å². The fourth-order valence-corrected chi connectivity index (χ4v) is 3.77. The molecule has 8 nitrogen and oxygen atoms in total. The maximum Gasteiger partial charge on any atom is 0.253 e. The van der Waals surface area contributed by atoms with Crippen LogP contribution in [0.25, 0.3) is 0 Å². The van der Waals surface area contributed by atoms with E-state index in [9.17, 15) is 9.59 Å². The van der Waals surface area contributed by atoms with Crippen LogP contribution in [0.5, 0.6) is 0 Å². The number of piperazine rings is 1. The molecule has 0 spiro atoms. The lowest BCUT2D eigenvalue weighted by atomic mass is 10.1. The van der Waals surface area contributed by atoms with Gasteiger partial charge in [0.1, 0.15) is 5.82 Å². The topological polar surface area (TPSA) is 78.9 Å². The zero-order valence-electron chi connectivity index (χ0n) is 17.5. The van der Waals surface area contributed by atoms with E-state index in [1.165, 1.54) is 6.92 Å². The van der Waals surface area contributed by atoms with Gasteiger partial charge in [0.05, 0.1) is 13.2 Å². The molecule has 0 unspecified atom stereocenters. The van der Waals surface area contributed by atoms with Crippen LogP contribution in [0.4, 0.5) is 11.8 Å². The smallest absolute Gasteiger partial charge is 0.253 e. The highest BCUT2D eigenvalue weighted by Gasteiger charge is 2.24. The summed E-state index contributed by atoms with van der Waals surface area (Å²) in [5, 5.41) is 0. The molecule has 0 aliphatic carbocycles. The van der Waals surface area contributed by atoms with Gasteiger partial charge < -0.3 is 19.4 Å². The number of ether oxygens (including phenoxy) is 1. The van der Waals surface area contributed by atoms with Crippen LogP contribution < -0.4 is 9.80 Å². The number of anilines is 2. The van der Waals surface area contributed by atoms with Crippen LogP contribution in [0.2, 0.25) is 0 Å². The number of ketones is 1. The van der Waals surface area contributed by atoms with E-state index in [2.05, 4.69) is 14.8 Å². The van der Waals surface area contributed by atoms with Crippen LogP contribution in [0.3, 0.4) is 0 Å². The Bertz CT molecular complexity index is 917. The van der Waals surface area contributed by atoms with Gasteiger partial charge in [-0.2, -0.15) is 4.98 Å². The summed E-state index contributed by atoms with van der Waals surface area (Å²) in [5.41, 5.74) is 2.16. The minimum absolute atomic E-state index is 0.000735. The predicted molar refractivity (Wildman–Crippen MR) is 114 cm³/mol. The van der Waals surface area contributed by atoms with Crippen molar-refractivity contribution in [1.29, 1.82) is 0 Å². The molecule has 0 atom stereocenters. The first-order valence-corrected chi connectivity index (χ1v) is 10.3. The number of aromatic nitrogens is 2. The van der Waals surface area contributed by atoms with Gasteiger partial charge in [0.15, 0.2) is 5.78 Å². The number of hydrogen-bond donors (Lipinski definition) is 0. The molecular formula is C22H27N5O3. The molecule has 0 bridgehead atoms. The minimum atomic E-state index is -0.00220. The predicted octanol–water partition coefficient (Wildman–Crippen LogP) is 1.79. The van der Waals surface area contributed by atoms with Gasteiger partial charge in [-0.25, -0.2) is 4.98 Å². The third-order valence-electron chi connectivity index (χ3n) is 5.55. The molecule has 0 N–H and O–H groups in total. The van der Waals surface area contributed by atoms with Crippen molar-refractivity contribution in [3.63, 3.8) is 0 Å². The van der Waals surface area contributed by atoms with Gasteiger partial charge in [0.25, 0.3) is 5.91 Å². The average molecular weight is 409 g/mol. The van der Waals surface area contributed by atoms with Crippen LogP contribution in [0.1, 0.15) is 33.3 Å². The highest BCUT2D eigenvalue weighted by molar-refractivity contribution is 5.97. The number of rotatable bonds is 4.